The molecule has 4 aromatic carbocycles. The highest BCUT2D eigenvalue weighted by Gasteiger charge is 2.58. The maximum Gasteiger partial charge on any atom is 0.135 e. The highest BCUT2D eigenvalue weighted by Crippen LogP contribution is 2.65. The number of phenolic OH excluding ortho intramolecular Hbond substituents is 1. The second kappa shape index (κ2) is 7.63. The Bertz CT molecular complexity index is 1300. The highest BCUT2D eigenvalue weighted by atomic mass is 16.5. The monoisotopic (exact) mass is 446 g/mol. The van der Waals surface area contributed by atoms with Gasteiger partial charge in [0.2, 0.25) is 0 Å². The lowest BCUT2D eigenvalue weighted by atomic mass is 9.42. The zero-order valence-corrected chi connectivity index (χ0v) is 19.4. The van der Waals surface area contributed by atoms with Crippen LogP contribution in [0.15, 0.2) is 91.0 Å². The number of aromatic hydroxyl groups is 1. The first-order chi connectivity index (χ1) is 16.7. The molecule has 0 radical (unpaired) electrons. The van der Waals surface area contributed by atoms with Crippen molar-refractivity contribution in [2.75, 3.05) is 0 Å². The Morgan fingerprint density at radius 3 is 1.88 bits per heavy atom. The Morgan fingerprint density at radius 1 is 0.618 bits per heavy atom. The summed E-state index contributed by atoms with van der Waals surface area (Å²) in [5.41, 5.74) is 2.83. The summed E-state index contributed by atoms with van der Waals surface area (Å²) < 4.78 is 6.37. The van der Waals surface area contributed by atoms with Gasteiger partial charge >= 0.3 is 0 Å². The molecule has 0 saturated heterocycles. The minimum absolute atomic E-state index is 0.0408. The summed E-state index contributed by atoms with van der Waals surface area (Å²) in [6, 6.07) is 31.6. The summed E-state index contributed by atoms with van der Waals surface area (Å²) in [4.78, 5) is 0. The molecule has 2 heteroatoms. The van der Waals surface area contributed by atoms with Crippen molar-refractivity contribution in [3.8, 4) is 17.2 Å². The second-order valence-electron chi connectivity index (χ2n) is 10.8. The van der Waals surface area contributed by atoms with E-state index < -0.39 is 0 Å². The van der Waals surface area contributed by atoms with Gasteiger partial charge in [-0.05, 0) is 103 Å². The van der Waals surface area contributed by atoms with Crippen molar-refractivity contribution in [3.63, 3.8) is 0 Å². The molecule has 0 atom stereocenters. The van der Waals surface area contributed by atoms with E-state index >= 15 is 0 Å². The van der Waals surface area contributed by atoms with Gasteiger partial charge in [-0.15, -0.1) is 0 Å². The lowest BCUT2D eigenvalue weighted by Gasteiger charge is -2.62. The van der Waals surface area contributed by atoms with E-state index in [4.69, 9.17) is 4.74 Å². The van der Waals surface area contributed by atoms with Crippen LogP contribution in [0.4, 0.5) is 0 Å². The molecule has 2 nitrogen and oxygen atoms in total. The lowest BCUT2D eigenvalue weighted by molar-refractivity contribution is -0.0418. The lowest BCUT2D eigenvalue weighted by Crippen LogP contribution is -2.56. The van der Waals surface area contributed by atoms with E-state index in [1.807, 2.05) is 18.2 Å². The number of fused-ring (bicyclic) bond motifs is 1. The molecule has 0 unspecified atom stereocenters. The first-order valence-electron chi connectivity index (χ1n) is 12.8. The fourth-order valence-corrected chi connectivity index (χ4v) is 7.98. The predicted octanol–water partition coefficient (Wildman–Crippen LogP) is 8.08. The van der Waals surface area contributed by atoms with Gasteiger partial charge in [-0.3, -0.25) is 0 Å². The average molecular weight is 447 g/mol. The fraction of sp³-hybridized carbons (Fsp3) is 0.312. The molecule has 0 aromatic heterocycles. The van der Waals surface area contributed by atoms with Gasteiger partial charge in [0, 0.05) is 10.8 Å². The highest BCUT2D eigenvalue weighted by molar-refractivity contribution is 5.88. The van der Waals surface area contributed by atoms with Gasteiger partial charge in [0.15, 0.2) is 0 Å². The van der Waals surface area contributed by atoms with Crippen LogP contribution in [0.2, 0.25) is 0 Å². The molecule has 8 rings (SSSR count). The number of hydrogen-bond acceptors (Lipinski definition) is 2. The van der Waals surface area contributed by atoms with E-state index in [-0.39, 0.29) is 5.41 Å². The minimum Gasteiger partial charge on any atom is -0.508 e. The molecule has 4 bridgehead atoms. The van der Waals surface area contributed by atoms with Crippen molar-refractivity contribution in [3.05, 3.63) is 102 Å². The molecule has 170 valence electrons. The van der Waals surface area contributed by atoms with E-state index in [0.29, 0.717) is 17.6 Å². The molecule has 4 aliphatic rings. The van der Waals surface area contributed by atoms with Gasteiger partial charge in [-0.2, -0.15) is 0 Å². The number of ether oxygens (including phenoxy) is 1. The van der Waals surface area contributed by atoms with E-state index in [0.717, 1.165) is 28.7 Å². The van der Waals surface area contributed by atoms with Gasteiger partial charge in [0.25, 0.3) is 0 Å². The molecule has 4 aliphatic carbocycles. The van der Waals surface area contributed by atoms with Crippen LogP contribution >= 0.6 is 0 Å². The number of benzene rings is 4. The van der Waals surface area contributed by atoms with Gasteiger partial charge in [0.05, 0.1) is 0 Å². The third-order valence-corrected chi connectivity index (χ3v) is 9.08. The first kappa shape index (κ1) is 20.1. The molecule has 0 spiro atoms. The van der Waals surface area contributed by atoms with Gasteiger partial charge in [0.1, 0.15) is 17.2 Å². The average Bonchev–Trinajstić information content (AvgIpc) is 2.86. The largest absolute Gasteiger partial charge is 0.508 e. The fourth-order valence-electron chi connectivity index (χ4n) is 7.98. The van der Waals surface area contributed by atoms with E-state index in [9.17, 15) is 5.11 Å². The van der Waals surface area contributed by atoms with E-state index in [1.165, 1.54) is 48.6 Å². The maximum absolute atomic E-state index is 10.00. The van der Waals surface area contributed by atoms with Crippen LogP contribution < -0.4 is 4.74 Å². The molecule has 4 fully saturated rings. The normalized spacial score (nSPS) is 29.4. The molecular formula is C32H30O2. The van der Waals surface area contributed by atoms with Crippen molar-refractivity contribution in [2.24, 2.45) is 23.7 Å². The van der Waals surface area contributed by atoms with Crippen LogP contribution in [0, 0.1) is 23.7 Å². The zero-order valence-electron chi connectivity index (χ0n) is 19.4. The van der Waals surface area contributed by atoms with Crippen molar-refractivity contribution < 1.29 is 9.84 Å². The number of phenols is 1. The third-order valence-electron chi connectivity index (χ3n) is 9.08. The molecule has 0 aliphatic heterocycles. The number of rotatable bonds is 4. The van der Waals surface area contributed by atoms with Gasteiger partial charge < -0.3 is 9.84 Å². The van der Waals surface area contributed by atoms with Crippen LogP contribution in [-0.4, -0.2) is 5.11 Å². The van der Waals surface area contributed by atoms with Crippen molar-refractivity contribution in [2.45, 2.75) is 37.5 Å². The van der Waals surface area contributed by atoms with E-state index in [2.05, 4.69) is 72.8 Å². The van der Waals surface area contributed by atoms with Crippen LogP contribution in [0.5, 0.6) is 17.2 Å². The third kappa shape index (κ3) is 3.01. The molecule has 1 N–H and O–H groups in total. The first-order valence-corrected chi connectivity index (χ1v) is 12.8. The topological polar surface area (TPSA) is 29.5 Å². The Balaban J connectivity index is 1.29. The van der Waals surface area contributed by atoms with Crippen molar-refractivity contribution >= 4 is 10.8 Å². The Hall–Kier alpha value is -3.26. The quantitative estimate of drug-likeness (QED) is 0.343. The van der Waals surface area contributed by atoms with Gasteiger partial charge in [-0.25, -0.2) is 0 Å². The second-order valence-corrected chi connectivity index (χ2v) is 10.8. The smallest absolute Gasteiger partial charge is 0.135 e. The standard InChI is InChI=1S/C32H30O2/c33-28-12-8-24(9-13-28)32(26-17-21-16-22(19-26)20-27(32)18-21)25-10-14-29(15-11-25)34-31-7-3-5-23-4-1-2-6-30(23)31/h1-15,21-22,26-27,33H,16-20H2. The molecule has 34 heavy (non-hydrogen) atoms. The summed E-state index contributed by atoms with van der Waals surface area (Å²) in [6.07, 6.45) is 6.78. The molecule has 0 heterocycles. The van der Waals surface area contributed by atoms with Crippen molar-refractivity contribution in [1.29, 1.82) is 0 Å². The van der Waals surface area contributed by atoms with Gasteiger partial charge in [-0.1, -0.05) is 60.7 Å². The maximum atomic E-state index is 10.00. The Labute approximate surface area is 201 Å². The van der Waals surface area contributed by atoms with Crippen LogP contribution in [-0.2, 0) is 5.41 Å². The van der Waals surface area contributed by atoms with Crippen molar-refractivity contribution in [1.82, 2.24) is 0 Å². The summed E-state index contributed by atoms with van der Waals surface area (Å²) in [6.45, 7) is 0. The van der Waals surface area contributed by atoms with Crippen LogP contribution in [0.3, 0.4) is 0 Å². The Morgan fingerprint density at radius 2 is 1.21 bits per heavy atom. The SMILES string of the molecule is Oc1ccc(C2(c3ccc(Oc4cccc5ccccc45)cc3)C3CC4CC(C3)CC2C4)cc1. The number of hydrogen-bond donors (Lipinski definition) is 1. The summed E-state index contributed by atoms with van der Waals surface area (Å²) in [7, 11) is 0. The summed E-state index contributed by atoms with van der Waals surface area (Å²) >= 11 is 0. The summed E-state index contributed by atoms with van der Waals surface area (Å²) in [5.74, 6) is 5.29. The van der Waals surface area contributed by atoms with Crippen LogP contribution in [0.1, 0.15) is 43.2 Å². The molecule has 0 amide bonds. The van der Waals surface area contributed by atoms with E-state index in [1.54, 1.807) is 0 Å². The molecule has 4 aromatic rings. The summed E-state index contributed by atoms with van der Waals surface area (Å²) in [5, 5.41) is 12.3. The molecular weight excluding hydrogens is 416 g/mol. The Kier molecular flexibility index (Phi) is 4.52. The van der Waals surface area contributed by atoms with Crippen LogP contribution in [0.25, 0.3) is 10.8 Å². The minimum atomic E-state index is 0.0408. The molecule has 4 saturated carbocycles. The zero-order chi connectivity index (χ0) is 22.7. The predicted molar refractivity (Wildman–Crippen MR) is 136 cm³/mol.